The Labute approximate surface area is 340 Å². The highest BCUT2D eigenvalue weighted by atomic mass is 16.7. The van der Waals surface area contributed by atoms with Gasteiger partial charge in [-0.05, 0) is 86.4 Å². The van der Waals surface area contributed by atoms with Crippen molar-refractivity contribution in [3.8, 4) is 0 Å². The van der Waals surface area contributed by atoms with Crippen molar-refractivity contribution >= 4 is 18.6 Å². The highest BCUT2D eigenvalue weighted by molar-refractivity contribution is 6.62. The Kier molecular flexibility index (Phi) is 13.3. The number of fused-ring (bicyclic) bond motifs is 3. The highest BCUT2D eigenvalue weighted by Gasteiger charge is 2.60. The molecule has 0 amide bonds. The van der Waals surface area contributed by atoms with Gasteiger partial charge in [0.15, 0.2) is 12.6 Å². The molecule has 5 aliphatic rings. The molecule has 0 aliphatic carbocycles. The van der Waals surface area contributed by atoms with Gasteiger partial charge in [-0.2, -0.15) is 0 Å². The van der Waals surface area contributed by atoms with Gasteiger partial charge in [0.25, 0.3) is 0 Å². The highest BCUT2D eigenvalue weighted by Crippen LogP contribution is 2.49. The summed E-state index contributed by atoms with van der Waals surface area (Å²) in [7, 11) is 4.74. The maximum Gasteiger partial charge on any atom is 0.494 e. The van der Waals surface area contributed by atoms with Crippen LogP contribution in [0.15, 0.2) is 41.7 Å². The minimum absolute atomic E-state index is 0.194. The summed E-state index contributed by atoms with van der Waals surface area (Å²) < 4.78 is 59.9. The molecule has 0 radical (unpaired) electrons. The molecule has 0 saturated carbocycles. The van der Waals surface area contributed by atoms with E-state index in [0.29, 0.717) is 19.3 Å². The molecular weight excluding hydrogens is 733 g/mol. The lowest BCUT2D eigenvalue weighted by molar-refractivity contribution is -0.316. The summed E-state index contributed by atoms with van der Waals surface area (Å²) in [4.78, 5) is 16.7. The van der Waals surface area contributed by atoms with Crippen LogP contribution in [-0.4, -0.2) is 134 Å². The first-order chi connectivity index (χ1) is 26.8. The van der Waals surface area contributed by atoms with E-state index in [0.717, 1.165) is 16.8 Å². The molecule has 2 N–H and O–H groups in total. The second kappa shape index (κ2) is 17.1. The van der Waals surface area contributed by atoms with Crippen LogP contribution in [0.4, 0.5) is 0 Å². The molecule has 320 valence electrons. The molecule has 2 bridgehead atoms. The van der Waals surface area contributed by atoms with Gasteiger partial charge in [-0.25, -0.2) is 0 Å². The number of nitrogens with zero attached hydrogens (tertiary/aromatic N) is 1. The Balaban J connectivity index is 1.45. The molecule has 5 heterocycles. The lowest BCUT2D eigenvalue weighted by atomic mass is 9.78. The van der Waals surface area contributed by atoms with Crippen molar-refractivity contribution < 1.29 is 57.5 Å². The van der Waals surface area contributed by atoms with E-state index in [1.165, 1.54) is 0 Å². The zero-order chi connectivity index (χ0) is 41.8. The molecule has 0 unspecified atom stereocenters. The molecular formula is C43H68BNO12. The van der Waals surface area contributed by atoms with Crippen LogP contribution in [0.2, 0.25) is 0 Å². The Morgan fingerprint density at radius 3 is 2.30 bits per heavy atom. The van der Waals surface area contributed by atoms with Gasteiger partial charge in [0.1, 0.15) is 41.4 Å². The SMILES string of the molecule is CC[C@H]1OC(=O)[C@H](C)[C@@H](O[C@H]2C[C@@](C)(OC)[C@@H](O)[C@H](C)O2)[C@H](C)[C@@H](O[C@@H]2O[C@H](C)C[C@H](N(C)C)[C@H]2O)[C@@]2(C)CC(C)=C(O2)[C@H](C)[C@H]2OB(c3ccccc3)O[C@@]21C. The third kappa shape index (κ3) is 8.47. The standard InChI is InChI=1S/C43H68BNO12/c1-14-31-43(10)38(56-44(57-43)29-18-16-15-17-19-29)25(4)34-23(2)21-42(9,55-34)37(54-40-33(46)30(45(11)12)20-24(3)50-40)26(5)35(27(6)39(48)52-31)53-32-22-41(8,49-13)36(47)28(7)51-32/h15-19,24-28,30-33,35-38,40,46-47H,14,20-22H2,1-13H3/t24-,25+,26+,27-,28+,30+,31-,32+,33-,35+,36+,37-,38-,40+,41-,42-,43-/m1/s1. The average molecular weight is 802 g/mol. The Morgan fingerprint density at radius 2 is 1.67 bits per heavy atom. The monoisotopic (exact) mass is 801 g/mol. The molecule has 4 saturated heterocycles. The second-order valence-corrected chi connectivity index (χ2v) is 18.3. The van der Waals surface area contributed by atoms with E-state index in [1.807, 2.05) is 90.9 Å². The second-order valence-electron chi connectivity index (χ2n) is 18.3. The van der Waals surface area contributed by atoms with Crippen LogP contribution in [0.25, 0.3) is 0 Å². The summed E-state index contributed by atoms with van der Waals surface area (Å²) in [5.41, 5.74) is -1.14. The normalized spacial score (nSPS) is 45.8. The molecule has 4 fully saturated rings. The van der Waals surface area contributed by atoms with Crippen LogP contribution in [0.5, 0.6) is 0 Å². The van der Waals surface area contributed by atoms with Gasteiger partial charge < -0.3 is 57.6 Å². The molecule has 1 aromatic carbocycles. The molecule has 14 heteroatoms. The largest absolute Gasteiger partial charge is 0.494 e. The summed E-state index contributed by atoms with van der Waals surface area (Å²) in [6, 6.07) is 9.56. The fourth-order valence-electron chi connectivity index (χ4n) is 10.2. The van der Waals surface area contributed by atoms with E-state index in [4.69, 9.17) is 42.5 Å². The van der Waals surface area contributed by atoms with Gasteiger partial charge in [0.05, 0.1) is 35.9 Å². The fourth-order valence-corrected chi connectivity index (χ4v) is 10.2. The van der Waals surface area contributed by atoms with Crippen molar-refractivity contribution in [2.45, 2.75) is 179 Å². The van der Waals surface area contributed by atoms with Gasteiger partial charge in [-0.15, -0.1) is 0 Å². The molecule has 57 heavy (non-hydrogen) atoms. The summed E-state index contributed by atoms with van der Waals surface area (Å²) in [5.74, 6) is -1.44. The number of carbonyl (C=O) groups is 1. The maximum absolute atomic E-state index is 14.7. The number of esters is 1. The van der Waals surface area contributed by atoms with Gasteiger partial charge >= 0.3 is 13.1 Å². The summed E-state index contributed by atoms with van der Waals surface area (Å²) in [5, 5.41) is 22.8. The summed E-state index contributed by atoms with van der Waals surface area (Å²) >= 11 is 0. The third-order valence-corrected chi connectivity index (χ3v) is 13.6. The number of hydrogen-bond donors (Lipinski definition) is 2. The number of methoxy groups -OCH3 is 1. The molecule has 1 aromatic rings. The zero-order valence-electron chi connectivity index (χ0n) is 36.3. The number of aliphatic hydroxyl groups excluding tert-OH is 2. The van der Waals surface area contributed by atoms with E-state index in [9.17, 15) is 15.0 Å². The summed E-state index contributed by atoms with van der Waals surface area (Å²) in [6.45, 7) is 19.5. The van der Waals surface area contributed by atoms with Crippen molar-refractivity contribution in [3.05, 3.63) is 41.7 Å². The number of ether oxygens (including phenoxy) is 7. The van der Waals surface area contributed by atoms with Gasteiger partial charge in [0, 0.05) is 37.8 Å². The van der Waals surface area contributed by atoms with E-state index < -0.39 is 97.0 Å². The van der Waals surface area contributed by atoms with Crippen molar-refractivity contribution in [3.63, 3.8) is 0 Å². The van der Waals surface area contributed by atoms with Crippen LogP contribution in [0.1, 0.15) is 94.9 Å². The van der Waals surface area contributed by atoms with Crippen LogP contribution in [0.3, 0.4) is 0 Å². The molecule has 5 aliphatic heterocycles. The molecule has 6 rings (SSSR count). The smallest absolute Gasteiger partial charge is 0.489 e. The van der Waals surface area contributed by atoms with E-state index in [2.05, 4.69) is 13.8 Å². The minimum Gasteiger partial charge on any atom is -0.489 e. The van der Waals surface area contributed by atoms with E-state index in [-0.39, 0.29) is 24.5 Å². The first-order valence-corrected chi connectivity index (χ1v) is 20.9. The average Bonchev–Trinajstić information content (AvgIpc) is 3.70. The van der Waals surface area contributed by atoms with Crippen molar-refractivity contribution in [2.24, 2.45) is 17.8 Å². The first-order valence-electron chi connectivity index (χ1n) is 20.9. The zero-order valence-corrected chi connectivity index (χ0v) is 36.3. The van der Waals surface area contributed by atoms with Crippen LogP contribution in [0, 0.1) is 17.8 Å². The number of hydrogen-bond acceptors (Lipinski definition) is 13. The lowest BCUT2D eigenvalue weighted by Gasteiger charge is -2.48. The van der Waals surface area contributed by atoms with Crippen LogP contribution < -0.4 is 5.46 Å². The fraction of sp³-hybridized carbons (Fsp3) is 0.791. The molecule has 0 spiro atoms. The van der Waals surface area contributed by atoms with E-state index >= 15 is 0 Å². The molecule has 13 nitrogen and oxygen atoms in total. The van der Waals surface area contributed by atoms with Gasteiger partial charge in [-0.3, -0.25) is 4.79 Å². The minimum atomic E-state index is -1.07. The number of rotatable bonds is 8. The molecule has 17 atom stereocenters. The maximum atomic E-state index is 14.7. The molecule has 0 aromatic heterocycles. The van der Waals surface area contributed by atoms with Crippen molar-refractivity contribution in [1.82, 2.24) is 4.90 Å². The Hall–Kier alpha value is -2.11. The van der Waals surface area contributed by atoms with Gasteiger partial charge in [-0.1, -0.05) is 51.1 Å². The number of carbonyl (C=O) groups excluding carboxylic acids is 1. The number of benzene rings is 1. The van der Waals surface area contributed by atoms with Crippen molar-refractivity contribution in [2.75, 3.05) is 21.2 Å². The van der Waals surface area contributed by atoms with Crippen LogP contribution in [-0.2, 0) is 47.3 Å². The van der Waals surface area contributed by atoms with Crippen LogP contribution >= 0.6 is 0 Å². The number of cyclic esters (lactones) is 1. The van der Waals surface area contributed by atoms with E-state index in [1.54, 1.807) is 21.0 Å². The Bertz CT molecular complexity index is 1580. The third-order valence-electron chi connectivity index (χ3n) is 13.6. The quantitative estimate of drug-likeness (QED) is 0.285. The Morgan fingerprint density at radius 1 is 0.982 bits per heavy atom. The topological polar surface area (TPSA) is 144 Å². The predicted octanol–water partition coefficient (Wildman–Crippen LogP) is 4.35. The number of aliphatic hydroxyl groups is 2. The lowest BCUT2D eigenvalue weighted by Crippen LogP contribution is -2.60. The first kappa shape index (κ1) is 44.4. The van der Waals surface area contributed by atoms with Crippen molar-refractivity contribution in [1.29, 1.82) is 0 Å². The predicted molar refractivity (Wildman–Crippen MR) is 213 cm³/mol. The van der Waals surface area contributed by atoms with Gasteiger partial charge in [0.2, 0.25) is 0 Å². The number of likely N-dealkylation sites (N-methyl/N-ethyl adjacent to an activating group) is 1. The summed E-state index contributed by atoms with van der Waals surface area (Å²) in [6.07, 6.45) is -5.64.